The first-order chi connectivity index (χ1) is 6.88. The van der Waals surface area contributed by atoms with Crippen LogP contribution < -0.4 is 10.0 Å². The first-order valence-corrected chi connectivity index (χ1v) is 4.77. The van der Waals surface area contributed by atoms with Crippen LogP contribution in [0, 0.1) is 0 Å². The normalized spacial score (nSPS) is 13.6. The van der Waals surface area contributed by atoms with Gasteiger partial charge in [-0.3, -0.25) is 4.79 Å². The fourth-order valence-electron chi connectivity index (χ4n) is 0.393. The molecule has 0 aliphatic rings. The lowest BCUT2D eigenvalue weighted by Crippen LogP contribution is -2.46. The third kappa shape index (κ3) is 4.22. The van der Waals surface area contributed by atoms with Gasteiger partial charge in [-0.15, -0.1) is 0 Å². The average molecular weight is 274 g/mol. The molecule has 0 unspecified atom stereocenters. The summed E-state index contributed by atoms with van der Waals surface area (Å²) in [6.07, 6.45) is -5.30. The molecule has 0 aromatic carbocycles. The van der Waals surface area contributed by atoms with Crippen molar-refractivity contribution < 1.29 is 39.6 Å². The van der Waals surface area contributed by atoms with E-state index in [-0.39, 0.29) is 0 Å². The summed E-state index contributed by atoms with van der Waals surface area (Å²) in [5.74, 6) is -2.56. The highest BCUT2D eigenvalue weighted by Crippen LogP contribution is 2.21. The van der Waals surface area contributed by atoms with E-state index in [1.54, 1.807) is 0 Å². The Morgan fingerprint density at radius 3 is 1.81 bits per heavy atom. The molecule has 0 bridgehead atoms. The molecule has 0 saturated carbocycles. The fraction of sp³-hybridized carbons (Fsp3) is 0.750. The predicted octanol–water partition coefficient (Wildman–Crippen LogP) is 0.0616. The van der Waals surface area contributed by atoms with E-state index in [0.717, 1.165) is 10.0 Å². The van der Waals surface area contributed by atoms with Gasteiger partial charge in [-0.25, -0.2) is 8.42 Å². The zero-order chi connectivity index (χ0) is 13.2. The summed E-state index contributed by atoms with van der Waals surface area (Å²) in [5, 5.41) is 0.897. The molecular formula is C4H4F6N2O3S. The Kier molecular flexibility index (Phi) is 4.16. The summed E-state index contributed by atoms with van der Waals surface area (Å²) in [5.41, 5.74) is -5.66. The van der Waals surface area contributed by atoms with Crippen LogP contribution >= 0.6 is 0 Å². The maximum Gasteiger partial charge on any atom is 0.511 e. The number of rotatable bonds is 3. The summed E-state index contributed by atoms with van der Waals surface area (Å²) in [6.45, 7) is -1.51. The second-order valence-electron chi connectivity index (χ2n) is 2.27. The molecule has 0 spiro atoms. The maximum atomic E-state index is 11.6. The number of carbonyl (C=O) groups is 1. The van der Waals surface area contributed by atoms with Crippen LogP contribution in [0.1, 0.15) is 0 Å². The highest BCUT2D eigenvalue weighted by atomic mass is 32.2. The van der Waals surface area contributed by atoms with Gasteiger partial charge in [0.15, 0.2) is 0 Å². The second kappa shape index (κ2) is 4.45. The average Bonchev–Trinajstić information content (AvgIpc) is 1.99. The number of halogens is 6. The van der Waals surface area contributed by atoms with E-state index in [9.17, 15) is 39.6 Å². The molecule has 2 N–H and O–H groups in total. The van der Waals surface area contributed by atoms with E-state index in [0.29, 0.717) is 0 Å². The first-order valence-electron chi connectivity index (χ1n) is 3.29. The quantitative estimate of drug-likeness (QED) is 0.564. The van der Waals surface area contributed by atoms with E-state index in [2.05, 4.69) is 0 Å². The molecule has 0 saturated heterocycles. The number of amides is 1. The third-order valence-corrected chi connectivity index (χ3v) is 2.21. The van der Waals surface area contributed by atoms with Gasteiger partial charge in [-0.2, -0.15) is 31.1 Å². The Bertz CT molecular complexity index is 357. The van der Waals surface area contributed by atoms with Crippen molar-refractivity contribution in [1.29, 1.82) is 0 Å². The van der Waals surface area contributed by atoms with Crippen molar-refractivity contribution in [3.63, 3.8) is 0 Å². The van der Waals surface area contributed by atoms with Gasteiger partial charge in [-0.05, 0) is 0 Å². The second-order valence-corrected chi connectivity index (χ2v) is 4.03. The number of nitrogens with one attached hydrogen (secondary N) is 2. The van der Waals surface area contributed by atoms with Crippen molar-refractivity contribution >= 4 is 15.9 Å². The Morgan fingerprint density at radius 1 is 1.06 bits per heavy atom. The molecule has 0 fully saturated rings. The largest absolute Gasteiger partial charge is 0.511 e. The number of carbonyl (C=O) groups excluding carboxylic acids is 1. The van der Waals surface area contributed by atoms with E-state index < -0.39 is 34.3 Å². The number of hydrogen-bond donors (Lipinski definition) is 2. The van der Waals surface area contributed by atoms with Crippen LogP contribution in [0.4, 0.5) is 26.3 Å². The number of sulfonamides is 1. The van der Waals surface area contributed by atoms with Crippen molar-refractivity contribution in [2.24, 2.45) is 0 Å². The van der Waals surface area contributed by atoms with Crippen molar-refractivity contribution in [1.82, 2.24) is 10.0 Å². The summed E-state index contributed by atoms with van der Waals surface area (Å²) in [7, 11) is -5.77. The molecule has 0 atom stereocenters. The minimum atomic E-state index is -5.77. The Labute approximate surface area is 84.8 Å². The van der Waals surface area contributed by atoms with Gasteiger partial charge in [0.25, 0.3) is 0 Å². The van der Waals surface area contributed by atoms with Crippen LogP contribution in [0.15, 0.2) is 0 Å². The lowest BCUT2D eigenvalue weighted by atomic mass is 10.6. The van der Waals surface area contributed by atoms with Crippen molar-refractivity contribution in [3.8, 4) is 0 Å². The van der Waals surface area contributed by atoms with Crippen molar-refractivity contribution in [2.45, 2.75) is 11.7 Å². The Hall–Kier alpha value is -1.04. The molecule has 0 radical (unpaired) electrons. The van der Waals surface area contributed by atoms with Crippen LogP contribution in [0.5, 0.6) is 0 Å². The zero-order valence-electron chi connectivity index (χ0n) is 7.11. The van der Waals surface area contributed by atoms with E-state index in [1.165, 1.54) is 0 Å². The molecule has 12 heteroatoms. The van der Waals surface area contributed by atoms with Gasteiger partial charge in [0, 0.05) is 0 Å². The van der Waals surface area contributed by atoms with E-state index in [1.807, 2.05) is 0 Å². The topological polar surface area (TPSA) is 75.3 Å². The predicted molar refractivity (Wildman–Crippen MR) is 37.2 cm³/mol. The molecule has 16 heavy (non-hydrogen) atoms. The third-order valence-electron chi connectivity index (χ3n) is 1.07. The van der Waals surface area contributed by atoms with E-state index >= 15 is 0 Å². The van der Waals surface area contributed by atoms with Gasteiger partial charge >= 0.3 is 27.6 Å². The first kappa shape index (κ1) is 15.0. The molecule has 0 aromatic rings. The van der Waals surface area contributed by atoms with E-state index in [4.69, 9.17) is 0 Å². The number of hydrogen-bond acceptors (Lipinski definition) is 3. The van der Waals surface area contributed by atoms with Crippen LogP contribution in [0.3, 0.4) is 0 Å². The Balaban J connectivity index is 4.27. The summed E-state index contributed by atoms with van der Waals surface area (Å²) in [4.78, 5) is 10.0. The lowest BCUT2D eigenvalue weighted by molar-refractivity contribution is -0.173. The monoisotopic (exact) mass is 274 g/mol. The summed E-state index contributed by atoms with van der Waals surface area (Å²) >= 11 is 0. The van der Waals surface area contributed by atoms with Gasteiger partial charge < -0.3 is 5.32 Å². The van der Waals surface area contributed by atoms with Crippen LogP contribution in [-0.2, 0) is 14.8 Å². The maximum absolute atomic E-state index is 11.6. The summed E-state index contributed by atoms with van der Waals surface area (Å²) in [6, 6.07) is 0. The number of alkyl halides is 6. The Morgan fingerprint density at radius 2 is 1.50 bits per heavy atom. The van der Waals surface area contributed by atoms with Gasteiger partial charge in [-0.1, -0.05) is 0 Å². The standard InChI is InChI=1S/C4H4F6N2O3S/c5-3(6,7)2(13)11-1-12-16(14,15)4(8,9)10/h12H,1H2,(H,11,13). The highest BCUT2D eigenvalue weighted by molar-refractivity contribution is 7.90. The summed E-state index contributed by atoms with van der Waals surface area (Å²) < 4.78 is 90.4. The highest BCUT2D eigenvalue weighted by Gasteiger charge is 2.46. The molecule has 5 nitrogen and oxygen atoms in total. The van der Waals surface area contributed by atoms with Crippen molar-refractivity contribution in [3.05, 3.63) is 0 Å². The van der Waals surface area contributed by atoms with Crippen LogP contribution in [0.25, 0.3) is 0 Å². The smallest absolute Gasteiger partial charge is 0.335 e. The molecular weight excluding hydrogens is 270 g/mol. The zero-order valence-corrected chi connectivity index (χ0v) is 7.92. The van der Waals surface area contributed by atoms with Crippen LogP contribution in [0.2, 0.25) is 0 Å². The fourth-order valence-corrected chi connectivity index (χ4v) is 0.819. The molecule has 0 aliphatic carbocycles. The molecule has 96 valence electrons. The minimum Gasteiger partial charge on any atom is -0.335 e. The van der Waals surface area contributed by atoms with Gasteiger partial charge in [0.1, 0.15) is 0 Å². The molecule has 0 aromatic heterocycles. The van der Waals surface area contributed by atoms with Gasteiger partial charge in [0.05, 0.1) is 6.67 Å². The molecule has 0 heterocycles. The van der Waals surface area contributed by atoms with Gasteiger partial charge in [0.2, 0.25) is 0 Å². The SMILES string of the molecule is O=C(NCNS(=O)(=O)C(F)(F)F)C(F)(F)F. The van der Waals surface area contributed by atoms with Crippen LogP contribution in [-0.4, -0.2) is 32.7 Å². The lowest BCUT2D eigenvalue weighted by Gasteiger charge is -2.11. The molecule has 0 rings (SSSR count). The minimum absolute atomic E-state index is 0.717. The molecule has 0 aliphatic heterocycles. The van der Waals surface area contributed by atoms with Crippen molar-refractivity contribution in [2.75, 3.05) is 6.67 Å². The molecule has 1 amide bonds.